The van der Waals surface area contributed by atoms with Crippen molar-refractivity contribution in [2.24, 2.45) is 5.92 Å². The lowest BCUT2D eigenvalue weighted by molar-refractivity contribution is -0.141. The number of carbonyl (C=O) groups is 2. The van der Waals surface area contributed by atoms with E-state index >= 15 is 0 Å². The molecular weight excluding hydrogens is 292 g/mol. The summed E-state index contributed by atoms with van der Waals surface area (Å²) in [5.41, 5.74) is 1.37. The van der Waals surface area contributed by atoms with Crippen LogP contribution in [0.15, 0.2) is 30.5 Å². The average molecular weight is 312 g/mol. The Bertz CT molecular complexity index is 766. The Kier molecular flexibility index (Phi) is 3.36. The fourth-order valence-electron chi connectivity index (χ4n) is 4.37. The Hall–Kier alpha value is -2.30. The first-order chi connectivity index (χ1) is 11.2. The number of aromatic nitrogens is 1. The fourth-order valence-corrected chi connectivity index (χ4v) is 4.37. The van der Waals surface area contributed by atoms with Crippen molar-refractivity contribution in [3.63, 3.8) is 0 Å². The van der Waals surface area contributed by atoms with Crippen molar-refractivity contribution in [3.05, 3.63) is 36.0 Å². The lowest BCUT2D eigenvalue weighted by atomic mass is 9.84. The van der Waals surface area contributed by atoms with Crippen molar-refractivity contribution in [1.82, 2.24) is 9.88 Å². The van der Waals surface area contributed by atoms with Crippen LogP contribution in [-0.4, -0.2) is 39.0 Å². The van der Waals surface area contributed by atoms with E-state index in [-0.39, 0.29) is 11.9 Å². The number of nitrogens with zero attached hydrogens (tertiary/aromatic N) is 1. The zero-order valence-corrected chi connectivity index (χ0v) is 12.9. The second kappa shape index (κ2) is 5.41. The number of para-hydroxylation sites is 1. The van der Waals surface area contributed by atoms with E-state index in [4.69, 9.17) is 0 Å². The highest BCUT2D eigenvalue weighted by atomic mass is 16.4. The molecule has 2 fully saturated rings. The highest BCUT2D eigenvalue weighted by Crippen LogP contribution is 2.40. The lowest BCUT2D eigenvalue weighted by Crippen LogP contribution is -2.46. The summed E-state index contributed by atoms with van der Waals surface area (Å²) in [6.45, 7) is 0. The third-order valence-electron chi connectivity index (χ3n) is 5.43. The first-order valence-electron chi connectivity index (χ1n) is 8.28. The Labute approximate surface area is 134 Å². The number of carboxylic acids is 1. The summed E-state index contributed by atoms with van der Waals surface area (Å²) in [6, 6.07) is 6.89. The molecule has 1 aliphatic carbocycles. The molecule has 2 N–H and O–H groups in total. The minimum absolute atomic E-state index is 0.0718. The van der Waals surface area contributed by atoms with Crippen molar-refractivity contribution in [3.8, 4) is 0 Å². The van der Waals surface area contributed by atoms with Gasteiger partial charge >= 0.3 is 5.97 Å². The number of aromatic amines is 1. The molecule has 2 aliphatic rings. The van der Waals surface area contributed by atoms with Gasteiger partial charge in [0, 0.05) is 17.6 Å². The molecule has 0 radical (unpaired) electrons. The maximum atomic E-state index is 13.2. The fraction of sp³-hybridized carbons (Fsp3) is 0.444. The number of fused-ring (bicyclic) bond motifs is 2. The molecule has 120 valence electrons. The van der Waals surface area contributed by atoms with Gasteiger partial charge in [-0.25, -0.2) is 4.79 Å². The molecule has 3 atom stereocenters. The molecule has 2 heterocycles. The maximum absolute atomic E-state index is 13.2. The smallest absolute Gasteiger partial charge is 0.326 e. The van der Waals surface area contributed by atoms with Gasteiger partial charge in [0.2, 0.25) is 0 Å². The number of carboxylic acid groups (broad SMARTS) is 1. The molecule has 1 saturated carbocycles. The van der Waals surface area contributed by atoms with Crippen LogP contribution >= 0.6 is 0 Å². The summed E-state index contributed by atoms with van der Waals surface area (Å²) < 4.78 is 0. The van der Waals surface area contributed by atoms with Crippen LogP contribution in [-0.2, 0) is 4.79 Å². The second-order valence-electron chi connectivity index (χ2n) is 6.66. The van der Waals surface area contributed by atoms with Crippen molar-refractivity contribution >= 4 is 22.8 Å². The number of rotatable bonds is 2. The van der Waals surface area contributed by atoms with E-state index in [0.717, 1.165) is 36.6 Å². The van der Waals surface area contributed by atoms with E-state index in [9.17, 15) is 14.7 Å². The van der Waals surface area contributed by atoms with Gasteiger partial charge in [0.05, 0.1) is 11.1 Å². The highest BCUT2D eigenvalue weighted by molar-refractivity contribution is 6.07. The molecule has 0 unspecified atom stereocenters. The van der Waals surface area contributed by atoms with Gasteiger partial charge in [-0.3, -0.25) is 4.79 Å². The Morgan fingerprint density at radius 2 is 2.00 bits per heavy atom. The van der Waals surface area contributed by atoms with Crippen molar-refractivity contribution < 1.29 is 14.7 Å². The van der Waals surface area contributed by atoms with Crippen LogP contribution in [0.4, 0.5) is 0 Å². The number of hydrogen-bond donors (Lipinski definition) is 2. The van der Waals surface area contributed by atoms with Gasteiger partial charge in [0.1, 0.15) is 6.04 Å². The number of H-pyrrole nitrogens is 1. The predicted molar refractivity (Wildman–Crippen MR) is 86.3 cm³/mol. The Morgan fingerprint density at radius 3 is 2.83 bits per heavy atom. The summed E-state index contributed by atoms with van der Waals surface area (Å²) in [7, 11) is 0. The molecular formula is C18H20N2O3. The van der Waals surface area contributed by atoms with E-state index in [1.54, 1.807) is 11.0 Å². The van der Waals surface area contributed by atoms with Crippen LogP contribution in [0.2, 0.25) is 0 Å². The monoisotopic (exact) mass is 312 g/mol. The third kappa shape index (κ3) is 2.22. The average Bonchev–Trinajstić information content (AvgIpc) is 3.18. The SMILES string of the molecule is O=C(O)[C@@H]1C[C@@H]2CCCC[C@H]2N1C(=O)c1cccc2cc[nH]c12. The number of benzene rings is 1. The summed E-state index contributed by atoms with van der Waals surface area (Å²) in [6.07, 6.45) is 6.56. The van der Waals surface area contributed by atoms with Crippen molar-refractivity contribution in [2.75, 3.05) is 0 Å². The van der Waals surface area contributed by atoms with Crippen LogP contribution in [0, 0.1) is 5.92 Å². The normalized spacial score (nSPS) is 27.1. The molecule has 4 rings (SSSR count). The number of nitrogens with one attached hydrogen (secondary N) is 1. The summed E-state index contributed by atoms with van der Waals surface area (Å²) in [4.78, 5) is 29.6. The van der Waals surface area contributed by atoms with Gasteiger partial charge in [-0.1, -0.05) is 25.0 Å². The molecule has 0 bridgehead atoms. The molecule has 5 nitrogen and oxygen atoms in total. The van der Waals surface area contributed by atoms with Crippen LogP contribution in [0.5, 0.6) is 0 Å². The van der Waals surface area contributed by atoms with E-state index in [0.29, 0.717) is 17.9 Å². The molecule has 5 heteroatoms. The quantitative estimate of drug-likeness (QED) is 0.895. The van der Waals surface area contributed by atoms with Crippen molar-refractivity contribution in [2.45, 2.75) is 44.2 Å². The second-order valence-corrected chi connectivity index (χ2v) is 6.66. The summed E-state index contributed by atoms with van der Waals surface area (Å²) in [5, 5.41) is 10.6. The highest BCUT2D eigenvalue weighted by Gasteiger charge is 2.47. The first kappa shape index (κ1) is 14.3. The zero-order chi connectivity index (χ0) is 16.0. The molecule has 0 spiro atoms. The molecule has 1 saturated heterocycles. The topological polar surface area (TPSA) is 73.4 Å². The Morgan fingerprint density at radius 1 is 1.17 bits per heavy atom. The summed E-state index contributed by atoms with van der Waals surface area (Å²) in [5.74, 6) is -0.706. The molecule has 2 aromatic rings. The molecule has 23 heavy (non-hydrogen) atoms. The first-order valence-corrected chi connectivity index (χ1v) is 8.28. The van der Waals surface area contributed by atoms with Gasteiger partial charge in [-0.05, 0) is 37.3 Å². The molecule has 1 amide bonds. The summed E-state index contributed by atoms with van der Waals surface area (Å²) >= 11 is 0. The van der Waals surface area contributed by atoms with Crippen LogP contribution in [0.1, 0.15) is 42.5 Å². The number of carbonyl (C=O) groups excluding carboxylic acids is 1. The van der Waals surface area contributed by atoms with Gasteiger partial charge in [-0.15, -0.1) is 0 Å². The van der Waals surface area contributed by atoms with Crippen LogP contribution < -0.4 is 0 Å². The van der Waals surface area contributed by atoms with E-state index < -0.39 is 12.0 Å². The predicted octanol–water partition coefficient (Wildman–Crippen LogP) is 3.03. The molecule has 1 aromatic carbocycles. The van der Waals surface area contributed by atoms with E-state index in [1.807, 2.05) is 24.4 Å². The van der Waals surface area contributed by atoms with Crippen LogP contribution in [0.3, 0.4) is 0 Å². The van der Waals surface area contributed by atoms with Crippen molar-refractivity contribution in [1.29, 1.82) is 0 Å². The van der Waals surface area contributed by atoms with Crippen LogP contribution in [0.25, 0.3) is 10.9 Å². The van der Waals surface area contributed by atoms with E-state index in [1.165, 1.54) is 0 Å². The molecule has 1 aliphatic heterocycles. The minimum Gasteiger partial charge on any atom is -0.480 e. The third-order valence-corrected chi connectivity index (χ3v) is 5.43. The van der Waals surface area contributed by atoms with Gasteiger partial charge < -0.3 is 15.0 Å². The lowest BCUT2D eigenvalue weighted by Gasteiger charge is -2.33. The zero-order valence-electron chi connectivity index (χ0n) is 12.9. The maximum Gasteiger partial charge on any atom is 0.326 e. The standard InChI is InChI=1S/C18H20N2O3/c21-17(13-6-3-5-11-8-9-19-16(11)13)20-14-7-2-1-4-12(14)10-15(20)18(22)23/h3,5-6,8-9,12,14-15,19H,1-2,4,7,10H2,(H,22,23)/t12-,14+,15-/m0/s1. The number of hydrogen-bond acceptors (Lipinski definition) is 2. The Balaban J connectivity index is 1.75. The number of likely N-dealkylation sites (tertiary alicyclic amines) is 1. The van der Waals surface area contributed by atoms with Gasteiger partial charge in [0.15, 0.2) is 0 Å². The number of aliphatic carboxylic acids is 1. The minimum atomic E-state index is -0.883. The molecule has 1 aromatic heterocycles. The van der Waals surface area contributed by atoms with E-state index in [2.05, 4.69) is 4.98 Å². The van der Waals surface area contributed by atoms with Gasteiger partial charge in [0.25, 0.3) is 5.91 Å². The largest absolute Gasteiger partial charge is 0.480 e. The van der Waals surface area contributed by atoms with Gasteiger partial charge in [-0.2, -0.15) is 0 Å². The number of amides is 1.